The highest BCUT2D eigenvalue weighted by atomic mass is 15.3. The van der Waals surface area contributed by atoms with Crippen molar-refractivity contribution >= 4 is 44.9 Å². The lowest BCUT2D eigenvalue weighted by atomic mass is 9.83. The van der Waals surface area contributed by atoms with E-state index >= 15 is 0 Å². The highest BCUT2D eigenvalue weighted by molar-refractivity contribution is 6.10. The van der Waals surface area contributed by atoms with Crippen LogP contribution in [0.3, 0.4) is 0 Å². The lowest BCUT2D eigenvalue weighted by molar-refractivity contribution is 0.0947. The molecule has 2 aliphatic carbocycles. The van der Waals surface area contributed by atoms with Crippen molar-refractivity contribution < 1.29 is 0 Å². The number of anilines is 4. The van der Waals surface area contributed by atoms with Gasteiger partial charge in [-0.05, 0) is 129 Å². The average Bonchev–Trinajstić information content (AvgIpc) is 4.07. The molecule has 424 valence electrons. The van der Waals surface area contributed by atoms with Gasteiger partial charge in [0.05, 0.1) is 45.3 Å². The monoisotopic (exact) mass is 1070 g/mol. The van der Waals surface area contributed by atoms with Gasteiger partial charge in [0.1, 0.15) is 0 Å². The molecule has 5 fully saturated rings. The van der Waals surface area contributed by atoms with Crippen molar-refractivity contribution in [3.05, 3.63) is 70.9 Å². The van der Waals surface area contributed by atoms with Gasteiger partial charge in [-0.1, -0.05) is 37.5 Å². The number of fused-ring (bicyclic) bond motifs is 8. The van der Waals surface area contributed by atoms with E-state index in [-0.39, 0.29) is 0 Å². The first-order valence-corrected chi connectivity index (χ1v) is 32.0. The minimum Gasteiger partial charge on any atom is -0.370 e. The van der Waals surface area contributed by atoms with Crippen molar-refractivity contribution in [3.8, 4) is 0 Å². The summed E-state index contributed by atoms with van der Waals surface area (Å²) >= 11 is 0. The number of aryl methyl sites for hydroxylation is 1. The Kier molecular flexibility index (Phi) is 15.2. The number of benzene rings is 1. The highest BCUT2D eigenvalue weighted by Crippen LogP contribution is 2.54. The molecule has 5 atom stereocenters. The van der Waals surface area contributed by atoms with E-state index in [1.54, 1.807) is 16.9 Å². The average molecular weight is 1070 g/mol. The van der Waals surface area contributed by atoms with E-state index in [2.05, 4.69) is 117 Å². The Morgan fingerprint density at radius 2 is 1.42 bits per heavy atom. The molecule has 79 heavy (non-hydrogen) atoms. The fourth-order valence-corrected chi connectivity index (χ4v) is 16.6. The predicted octanol–water partition coefficient (Wildman–Crippen LogP) is 7.75. The fourth-order valence-electron chi connectivity index (χ4n) is 16.6. The van der Waals surface area contributed by atoms with Gasteiger partial charge in [0.15, 0.2) is 0 Å². The zero-order valence-corrected chi connectivity index (χ0v) is 48.6. The van der Waals surface area contributed by atoms with E-state index in [1.807, 2.05) is 0 Å². The van der Waals surface area contributed by atoms with Crippen molar-refractivity contribution in [2.75, 3.05) is 165 Å². The van der Waals surface area contributed by atoms with Gasteiger partial charge in [-0.2, -0.15) is 0 Å². The number of piperazine rings is 3. The van der Waals surface area contributed by atoms with E-state index in [0.717, 1.165) is 104 Å². The number of aromatic nitrogens is 5. The van der Waals surface area contributed by atoms with Gasteiger partial charge in [0.25, 0.3) is 0 Å². The third kappa shape index (κ3) is 10.4. The normalized spacial score (nSPS) is 26.4. The quantitative estimate of drug-likeness (QED) is 0.109. The molecule has 0 amide bonds. The van der Waals surface area contributed by atoms with Crippen LogP contribution >= 0.6 is 0 Å². The van der Waals surface area contributed by atoms with Crippen LogP contribution < -0.4 is 19.6 Å². The first-order chi connectivity index (χ1) is 38.9. The van der Waals surface area contributed by atoms with Gasteiger partial charge >= 0.3 is 0 Å². The number of likely N-dealkylation sites (tertiary alicyclic amines) is 1. The second-order valence-corrected chi connectivity index (χ2v) is 26.0. The number of pyridine rings is 2. The van der Waals surface area contributed by atoms with Crippen molar-refractivity contribution in [2.45, 2.75) is 140 Å². The van der Waals surface area contributed by atoms with Crippen LogP contribution in [0, 0.1) is 0 Å². The summed E-state index contributed by atoms with van der Waals surface area (Å²) in [5.41, 5.74) is 15.5. The van der Waals surface area contributed by atoms with Gasteiger partial charge in [0, 0.05) is 183 Å². The van der Waals surface area contributed by atoms with Crippen LogP contribution in [0.5, 0.6) is 0 Å². The first-order valence-electron chi connectivity index (χ1n) is 32.0. The molecule has 1 aromatic carbocycles. The lowest BCUT2D eigenvalue weighted by Crippen LogP contribution is -2.50. The molecule has 0 N–H and O–H groups in total. The zero-order valence-electron chi connectivity index (χ0n) is 48.6. The Morgan fingerprint density at radius 3 is 2.27 bits per heavy atom. The summed E-state index contributed by atoms with van der Waals surface area (Å²) in [6.07, 6.45) is 23.3. The van der Waals surface area contributed by atoms with Crippen LogP contribution in [0.15, 0.2) is 42.7 Å². The summed E-state index contributed by atoms with van der Waals surface area (Å²) in [7, 11) is 4.55. The first kappa shape index (κ1) is 52.4. The predicted molar refractivity (Wildman–Crippen MR) is 323 cm³/mol. The van der Waals surface area contributed by atoms with Gasteiger partial charge in [-0.3, -0.25) is 24.7 Å². The molecule has 4 aromatic heterocycles. The molecule has 5 aromatic rings. The molecule has 14 rings (SSSR count). The van der Waals surface area contributed by atoms with Crippen LogP contribution in [0.2, 0.25) is 0 Å². The minimum atomic E-state index is 0.302. The van der Waals surface area contributed by atoms with E-state index in [9.17, 15) is 0 Å². The van der Waals surface area contributed by atoms with Crippen molar-refractivity contribution in [3.63, 3.8) is 0 Å². The number of piperidine rings is 1. The Balaban J connectivity index is 0.602. The maximum absolute atomic E-state index is 5.76. The smallest absolute Gasteiger partial charge is 0.225 e. The largest absolute Gasteiger partial charge is 0.370 e. The molecule has 1 saturated carbocycles. The lowest BCUT2D eigenvalue weighted by Gasteiger charge is -2.40. The van der Waals surface area contributed by atoms with Crippen LogP contribution in [-0.4, -0.2) is 217 Å². The summed E-state index contributed by atoms with van der Waals surface area (Å²) in [6, 6.07) is 13.5. The Morgan fingerprint density at radius 1 is 0.658 bits per heavy atom. The Hall–Kier alpha value is -4.64. The van der Waals surface area contributed by atoms with Crippen molar-refractivity contribution in [1.82, 2.24) is 53.9 Å². The Bertz CT molecular complexity index is 2900. The molecule has 0 radical (unpaired) electrons. The SMILES string of the molecule is CC(Cc1cc2c3c(n1)c1ccccc1n3CCCN2CCCN1CCN(C)CC1)N1CCN(c2ncc(C3CN(CCCN4CCCN5c6c(nc7c(c64)CCC(N4CCCCC4)C7)C4CCCCC45)CCN3C)cn2)CC1. The molecule has 0 spiro atoms. The van der Waals surface area contributed by atoms with E-state index in [4.69, 9.17) is 19.9 Å². The summed E-state index contributed by atoms with van der Waals surface area (Å²) in [6.45, 7) is 25.9. The Labute approximate surface area is 472 Å². The summed E-state index contributed by atoms with van der Waals surface area (Å²) in [4.78, 5) is 48.3. The number of hydrogen-bond acceptors (Lipinski definition) is 14. The third-order valence-electron chi connectivity index (χ3n) is 21.1. The molecule has 15 heteroatoms. The van der Waals surface area contributed by atoms with Crippen molar-refractivity contribution in [1.29, 1.82) is 0 Å². The van der Waals surface area contributed by atoms with Gasteiger partial charge in [-0.25, -0.2) is 9.97 Å². The van der Waals surface area contributed by atoms with E-state index in [1.165, 1.54) is 186 Å². The summed E-state index contributed by atoms with van der Waals surface area (Å²) in [5.74, 6) is 1.51. The zero-order chi connectivity index (χ0) is 53.0. The van der Waals surface area contributed by atoms with Crippen LogP contribution in [0.25, 0.3) is 21.9 Å². The van der Waals surface area contributed by atoms with E-state index in [0.29, 0.717) is 30.1 Å². The fraction of sp³-hybridized carbons (Fsp3) is 0.688. The van der Waals surface area contributed by atoms with Crippen LogP contribution in [0.1, 0.15) is 124 Å². The summed E-state index contributed by atoms with van der Waals surface area (Å²) < 4.78 is 2.57. The molecule has 9 aliphatic rings. The number of rotatable bonds is 14. The molecule has 7 aliphatic heterocycles. The van der Waals surface area contributed by atoms with Crippen LogP contribution in [0.4, 0.5) is 23.0 Å². The maximum Gasteiger partial charge on any atom is 0.225 e. The molecule has 11 heterocycles. The van der Waals surface area contributed by atoms with Gasteiger partial charge in [0.2, 0.25) is 5.95 Å². The molecular weight excluding hydrogens is 979 g/mol. The van der Waals surface area contributed by atoms with Crippen LogP contribution in [-0.2, 0) is 25.8 Å². The minimum absolute atomic E-state index is 0.302. The second-order valence-electron chi connectivity index (χ2n) is 26.0. The molecule has 5 unspecified atom stereocenters. The molecular formula is C64H93N15. The standard InChI is InChI=1S/C64H93N15/c1-47(41-49-42-57-62-59(67-49)52-15-5-7-17-55(52)78(62)29-13-26-75(57)25-11-21-71-34-31-69(2)32-35-71)73-37-39-77(40-38-73)64-65-44-48(45-66-64)58-46-72(36-33-70(58)3)22-12-27-76-28-14-30-79-56-18-8-6-16-53(56)60-63(79)61(76)51-20-19-50(43-54(51)68-60)74-23-9-4-10-24-74/h5,7,15,17,42,44-45,47,50,53,56,58H,4,6,8-14,16,18-41,43,46H2,1-3H3. The highest BCUT2D eigenvalue weighted by Gasteiger charge is 2.46. The maximum atomic E-state index is 5.76. The van der Waals surface area contributed by atoms with Gasteiger partial charge in [-0.15, -0.1) is 0 Å². The molecule has 0 bridgehead atoms. The van der Waals surface area contributed by atoms with Crippen molar-refractivity contribution in [2.24, 2.45) is 0 Å². The number of likely N-dealkylation sites (N-methyl/N-ethyl adjacent to an activating group) is 2. The number of para-hydroxylation sites is 1. The second kappa shape index (κ2) is 23.0. The molecule has 4 saturated heterocycles. The topological polar surface area (TPSA) is 88.9 Å². The number of nitrogens with zero attached hydrogens (tertiary/aromatic N) is 15. The molecule has 15 nitrogen and oxygen atoms in total. The van der Waals surface area contributed by atoms with Gasteiger partial charge < -0.3 is 38.9 Å². The number of hydrogen-bond donors (Lipinski definition) is 0. The summed E-state index contributed by atoms with van der Waals surface area (Å²) in [5, 5.41) is 1.29. The van der Waals surface area contributed by atoms with E-state index < -0.39 is 0 Å². The third-order valence-corrected chi connectivity index (χ3v) is 21.1.